The lowest BCUT2D eigenvalue weighted by atomic mass is 9.49. The van der Waals surface area contributed by atoms with Crippen LogP contribution in [0.5, 0.6) is 11.5 Å². The van der Waals surface area contributed by atoms with Crippen LogP contribution in [0.25, 0.3) is 0 Å². The minimum Gasteiger partial charge on any atom is -0.507 e. The highest BCUT2D eigenvalue weighted by molar-refractivity contribution is 5.95. The van der Waals surface area contributed by atoms with E-state index in [4.69, 9.17) is 14.2 Å². The molecule has 6 rings (SSSR count). The molecule has 0 amide bonds. The van der Waals surface area contributed by atoms with E-state index in [0.717, 1.165) is 17.5 Å². The number of phenols is 1. The van der Waals surface area contributed by atoms with Crippen molar-refractivity contribution in [1.82, 2.24) is 0 Å². The van der Waals surface area contributed by atoms with Crippen molar-refractivity contribution in [2.75, 3.05) is 13.7 Å². The number of esters is 1. The molecule has 180 valence electrons. The smallest absolute Gasteiger partial charge is 0.342 e. The number of fused-ring (bicyclic) bond motifs is 3. The Bertz CT molecular complexity index is 1220. The zero-order chi connectivity index (χ0) is 24.3. The van der Waals surface area contributed by atoms with Gasteiger partial charge in [-0.05, 0) is 48.9 Å². The lowest BCUT2D eigenvalue weighted by Crippen LogP contribution is -2.72. The molecule has 2 atom stereocenters. The van der Waals surface area contributed by atoms with Crippen molar-refractivity contribution in [3.8, 4) is 11.5 Å². The van der Waals surface area contributed by atoms with Crippen LogP contribution in [0.15, 0.2) is 72.8 Å². The second kappa shape index (κ2) is 7.83. The number of ether oxygens (including phenoxy) is 3. The van der Waals surface area contributed by atoms with Crippen LogP contribution in [-0.4, -0.2) is 41.3 Å². The van der Waals surface area contributed by atoms with Crippen LogP contribution >= 0.6 is 0 Å². The van der Waals surface area contributed by atoms with Crippen LogP contribution in [0.4, 0.5) is 0 Å². The number of aliphatic hydroxyl groups is 1. The summed E-state index contributed by atoms with van der Waals surface area (Å²) in [6, 6.07) is 23.5. The predicted molar refractivity (Wildman–Crippen MR) is 129 cm³/mol. The van der Waals surface area contributed by atoms with E-state index in [1.54, 1.807) is 6.07 Å². The number of hydrogen-bond donors (Lipinski definition) is 2. The molecule has 2 heterocycles. The van der Waals surface area contributed by atoms with Gasteiger partial charge in [-0.2, -0.15) is 0 Å². The fraction of sp³-hybridized carbons (Fsp3) is 0.345. The molecule has 3 aromatic carbocycles. The van der Waals surface area contributed by atoms with Crippen LogP contribution in [0.1, 0.15) is 58.6 Å². The molecule has 6 heteroatoms. The molecular formula is C29H28O6. The van der Waals surface area contributed by atoms with Gasteiger partial charge in [-0.25, -0.2) is 4.79 Å². The third kappa shape index (κ3) is 3.00. The Labute approximate surface area is 204 Å². The molecule has 2 aliphatic heterocycles. The molecule has 2 N–H and O–H groups in total. The molecule has 35 heavy (non-hydrogen) atoms. The van der Waals surface area contributed by atoms with E-state index in [9.17, 15) is 15.0 Å². The van der Waals surface area contributed by atoms with Crippen molar-refractivity contribution in [3.63, 3.8) is 0 Å². The maximum absolute atomic E-state index is 12.6. The molecule has 0 bridgehead atoms. The zero-order valence-corrected chi connectivity index (χ0v) is 19.6. The van der Waals surface area contributed by atoms with Crippen molar-refractivity contribution in [1.29, 1.82) is 0 Å². The summed E-state index contributed by atoms with van der Waals surface area (Å²) in [4.78, 5) is 12.6. The average molecular weight is 473 g/mol. The largest absolute Gasteiger partial charge is 0.507 e. The van der Waals surface area contributed by atoms with Gasteiger partial charge in [0.15, 0.2) is 0 Å². The fourth-order valence-corrected chi connectivity index (χ4v) is 6.58. The van der Waals surface area contributed by atoms with Crippen LogP contribution in [-0.2, 0) is 14.9 Å². The van der Waals surface area contributed by atoms with Crippen LogP contribution in [0.3, 0.4) is 0 Å². The monoisotopic (exact) mass is 472 g/mol. The highest BCUT2D eigenvalue weighted by Crippen LogP contribution is 2.66. The molecule has 1 aliphatic carbocycles. The second-order valence-electron chi connectivity index (χ2n) is 9.88. The second-order valence-corrected chi connectivity index (χ2v) is 9.88. The van der Waals surface area contributed by atoms with Gasteiger partial charge in [0.25, 0.3) is 0 Å². The molecule has 0 unspecified atom stereocenters. The van der Waals surface area contributed by atoms with E-state index >= 15 is 0 Å². The quantitative estimate of drug-likeness (QED) is 0.537. The van der Waals surface area contributed by atoms with E-state index in [0.29, 0.717) is 37.2 Å². The van der Waals surface area contributed by atoms with Gasteiger partial charge in [0, 0.05) is 11.0 Å². The van der Waals surface area contributed by atoms with E-state index in [1.807, 2.05) is 36.4 Å². The first-order valence-corrected chi connectivity index (χ1v) is 12.0. The number of carbonyl (C=O) groups is 1. The molecule has 2 fully saturated rings. The van der Waals surface area contributed by atoms with Gasteiger partial charge in [-0.15, -0.1) is 0 Å². The summed E-state index contributed by atoms with van der Waals surface area (Å²) in [5.74, 6) is -2.11. The summed E-state index contributed by atoms with van der Waals surface area (Å²) in [5, 5.41) is 22.8. The van der Waals surface area contributed by atoms with Gasteiger partial charge in [-0.3, -0.25) is 0 Å². The van der Waals surface area contributed by atoms with Gasteiger partial charge in [0.1, 0.15) is 22.7 Å². The number of hydrogen-bond acceptors (Lipinski definition) is 6. The van der Waals surface area contributed by atoms with Gasteiger partial charge in [0.2, 0.25) is 5.79 Å². The summed E-state index contributed by atoms with van der Waals surface area (Å²) < 4.78 is 17.8. The van der Waals surface area contributed by atoms with E-state index in [-0.39, 0.29) is 11.3 Å². The van der Waals surface area contributed by atoms with Crippen molar-refractivity contribution in [3.05, 3.63) is 95.1 Å². The normalized spacial score (nSPS) is 25.5. The number of rotatable bonds is 4. The number of aromatic hydroxyl groups is 1. The SMILES string of the molecule is COC(=O)c1c(O)ccc2c1[C@H]1CCCO[C@@]1(C1(O)CC(c3ccccc3)(c3ccccc3)C1)O2. The van der Waals surface area contributed by atoms with E-state index in [1.165, 1.54) is 13.2 Å². The van der Waals surface area contributed by atoms with Gasteiger partial charge in [0.05, 0.1) is 19.6 Å². The third-order valence-corrected chi connectivity index (χ3v) is 8.09. The number of carbonyl (C=O) groups excluding carboxylic acids is 1. The molecule has 1 saturated carbocycles. The molecule has 0 spiro atoms. The van der Waals surface area contributed by atoms with Crippen molar-refractivity contribution in [2.45, 2.75) is 48.4 Å². The molecule has 0 radical (unpaired) electrons. The summed E-state index contributed by atoms with van der Waals surface area (Å²) in [5.41, 5.74) is 1.19. The first-order chi connectivity index (χ1) is 16.9. The zero-order valence-electron chi connectivity index (χ0n) is 19.6. The van der Waals surface area contributed by atoms with Crippen LogP contribution < -0.4 is 4.74 Å². The highest BCUT2D eigenvalue weighted by Gasteiger charge is 2.72. The number of phenolic OH excluding ortho intramolecular Hbond substituents is 1. The first-order valence-electron chi connectivity index (χ1n) is 12.0. The van der Waals surface area contributed by atoms with Crippen molar-refractivity contribution >= 4 is 5.97 Å². The highest BCUT2D eigenvalue weighted by atomic mass is 16.7. The molecule has 1 saturated heterocycles. The van der Waals surface area contributed by atoms with Gasteiger partial charge in [-0.1, -0.05) is 60.7 Å². The first kappa shape index (κ1) is 22.1. The fourth-order valence-electron chi connectivity index (χ4n) is 6.58. The average Bonchev–Trinajstić information content (AvgIpc) is 3.23. The Hall–Kier alpha value is -3.35. The van der Waals surface area contributed by atoms with Crippen molar-refractivity contribution in [2.24, 2.45) is 0 Å². The van der Waals surface area contributed by atoms with Gasteiger partial charge >= 0.3 is 5.97 Å². The lowest BCUT2D eigenvalue weighted by molar-refractivity contribution is -0.329. The Morgan fingerprint density at radius 2 is 1.60 bits per heavy atom. The topological polar surface area (TPSA) is 85.2 Å². The Balaban J connectivity index is 1.45. The van der Waals surface area contributed by atoms with Crippen molar-refractivity contribution < 1.29 is 29.2 Å². The summed E-state index contributed by atoms with van der Waals surface area (Å²) in [6.45, 7) is 0.440. The number of benzene rings is 3. The molecule has 0 aromatic heterocycles. The molecule has 6 nitrogen and oxygen atoms in total. The minimum atomic E-state index is -1.35. The lowest BCUT2D eigenvalue weighted by Gasteiger charge is -2.61. The maximum Gasteiger partial charge on any atom is 0.342 e. The van der Waals surface area contributed by atoms with Crippen LogP contribution in [0, 0.1) is 0 Å². The van der Waals surface area contributed by atoms with Gasteiger partial charge < -0.3 is 24.4 Å². The maximum atomic E-state index is 12.6. The van der Waals surface area contributed by atoms with Crippen LogP contribution in [0.2, 0.25) is 0 Å². The van der Waals surface area contributed by atoms with E-state index in [2.05, 4.69) is 24.3 Å². The Morgan fingerprint density at radius 1 is 0.971 bits per heavy atom. The molecule has 3 aromatic rings. The summed E-state index contributed by atoms with van der Waals surface area (Å²) in [6.07, 6.45) is 2.21. The Kier molecular flexibility index (Phi) is 4.95. The Morgan fingerprint density at radius 3 is 2.20 bits per heavy atom. The predicted octanol–water partition coefficient (Wildman–Crippen LogP) is 4.67. The van der Waals surface area contributed by atoms with E-state index < -0.39 is 28.7 Å². The third-order valence-electron chi connectivity index (χ3n) is 8.09. The standard InChI is InChI=1S/C29H28O6/c1-33-26(31)25-22(30)14-15-23-24(25)21-13-8-16-34-29(21,35-23)28(32)17-27(18-28,19-9-4-2-5-10-19)20-11-6-3-7-12-20/h2-7,9-12,14-15,21,30,32H,8,13,16-18H2,1H3/t21-,29-/m1/s1. The molecule has 3 aliphatic rings. The number of methoxy groups -OCH3 is 1. The summed E-state index contributed by atoms with van der Waals surface area (Å²) >= 11 is 0. The summed E-state index contributed by atoms with van der Waals surface area (Å²) in [7, 11) is 1.29. The minimum absolute atomic E-state index is 0.0858. The molecular weight excluding hydrogens is 444 g/mol.